The average molecular weight is 227 g/mol. The minimum atomic E-state index is -0.177. The van der Waals surface area contributed by atoms with Crippen molar-refractivity contribution in [1.82, 2.24) is 24.7 Å². The molecule has 6 nitrogen and oxygen atoms in total. The number of nitrogens with zero attached hydrogens (tertiary/aromatic N) is 4. The van der Waals surface area contributed by atoms with E-state index in [1.165, 1.54) is 6.33 Å². The van der Waals surface area contributed by atoms with Crippen molar-refractivity contribution in [2.24, 2.45) is 7.05 Å². The van der Waals surface area contributed by atoms with Crippen LogP contribution in [-0.2, 0) is 7.05 Å². The van der Waals surface area contributed by atoms with Crippen molar-refractivity contribution in [2.45, 2.75) is 0 Å². The summed E-state index contributed by atoms with van der Waals surface area (Å²) in [7, 11) is 1.80. The van der Waals surface area contributed by atoms with E-state index in [2.05, 4.69) is 20.1 Å². The molecule has 3 aromatic heterocycles. The second-order valence-corrected chi connectivity index (χ2v) is 3.72. The first-order valence-electron chi connectivity index (χ1n) is 5.06. The van der Waals surface area contributed by atoms with E-state index in [9.17, 15) is 4.79 Å². The molecular formula is C11H9N5O. The molecular weight excluding hydrogens is 218 g/mol. The van der Waals surface area contributed by atoms with E-state index in [1.54, 1.807) is 36.5 Å². The minimum Gasteiger partial charge on any atom is -0.328 e. The molecule has 0 radical (unpaired) electrons. The fraction of sp³-hybridized carbons (Fsp3) is 0.0909. The van der Waals surface area contributed by atoms with E-state index in [1.807, 2.05) is 0 Å². The van der Waals surface area contributed by atoms with Crippen LogP contribution in [-0.4, -0.2) is 24.7 Å². The Balaban J connectivity index is 2.42. The molecule has 0 unspecified atom stereocenters. The molecule has 0 aromatic carbocycles. The number of aromatic nitrogens is 5. The standard InChI is InChI=1S/C11H9N5O/c1-16-5-8(4-15-16)9-10-7(2-12-6-14-10)3-13-11(9)17/h2-6H,1H3,(H,13,17). The van der Waals surface area contributed by atoms with Crippen LogP contribution in [0.15, 0.2) is 35.9 Å². The molecule has 0 saturated carbocycles. The average Bonchev–Trinajstić information content (AvgIpc) is 2.75. The molecule has 6 heteroatoms. The largest absolute Gasteiger partial charge is 0.328 e. The Hall–Kier alpha value is -2.50. The Morgan fingerprint density at radius 3 is 3.00 bits per heavy atom. The van der Waals surface area contributed by atoms with Crippen molar-refractivity contribution < 1.29 is 0 Å². The number of H-pyrrole nitrogens is 1. The number of hydrogen-bond donors (Lipinski definition) is 1. The van der Waals surface area contributed by atoms with Crippen molar-refractivity contribution in [3.05, 3.63) is 41.5 Å². The maximum atomic E-state index is 11.9. The third-order valence-corrected chi connectivity index (χ3v) is 2.56. The van der Waals surface area contributed by atoms with Crippen molar-refractivity contribution in [3.8, 4) is 11.1 Å². The number of aromatic amines is 1. The van der Waals surface area contributed by atoms with Crippen molar-refractivity contribution in [1.29, 1.82) is 0 Å². The fourth-order valence-corrected chi connectivity index (χ4v) is 1.80. The molecule has 84 valence electrons. The van der Waals surface area contributed by atoms with Crippen molar-refractivity contribution in [2.75, 3.05) is 0 Å². The summed E-state index contributed by atoms with van der Waals surface area (Å²) in [5.74, 6) is 0. The SMILES string of the molecule is Cn1cc(-c2c(=O)[nH]cc3cncnc23)cn1. The predicted octanol–water partition coefficient (Wildman–Crippen LogP) is 0.719. The zero-order valence-electron chi connectivity index (χ0n) is 9.08. The molecule has 0 fully saturated rings. The lowest BCUT2D eigenvalue weighted by molar-refractivity contribution is 0.768. The zero-order chi connectivity index (χ0) is 11.8. The highest BCUT2D eigenvalue weighted by molar-refractivity contribution is 5.91. The second kappa shape index (κ2) is 3.51. The fourth-order valence-electron chi connectivity index (χ4n) is 1.80. The van der Waals surface area contributed by atoms with Crippen LogP contribution in [0.25, 0.3) is 22.0 Å². The van der Waals surface area contributed by atoms with E-state index >= 15 is 0 Å². The molecule has 0 aliphatic carbocycles. The van der Waals surface area contributed by atoms with Gasteiger partial charge in [0.05, 0.1) is 17.3 Å². The van der Waals surface area contributed by atoms with Gasteiger partial charge in [0, 0.05) is 36.6 Å². The monoisotopic (exact) mass is 227 g/mol. The van der Waals surface area contributed by atoms with Crippen LogP contribution in [0.4, 0.5) is 0 Å². The summed E-state index contributed by atoms with van der Waals surface area (Å²) in [4.78, 5) is 22.7. The molecule has 0 aliphatic heterocycles. The van der Waals surface area contributed by atoms with E-state index in [-0.39, 0.29) is 5.56 Å². The van der Waals surface area contributed by atoms with Gasteiger partial charge in [-0.25, -0.2) is 9.97 Å². The van der Waals surface area contributed by atoms with E-state index in [4.69, 9.17) is 0 Å². The third kappa shape index (κ3) is 1.50. The van der Waals surface area contributed by atoms with E-state index in [0.717, 1.165) is 10.9 Å². The highest BCUT2D eigenvalue weighted by Crippen LogP contribution is 2.21. The molecule has 0 aliphatic rings. The first kappa shape index (κ1) is 9.71. The van der Waals surface area contributed by atoms with Crippen LogP contribution in [0.5, 0.6) is 0 Å². The normalized spacial score (nSPS) is 10.9. The molecule has 0 amide bonds. The number of hydrogen-bond acceptors (Lipinski definition) is 4. The number of nitrogens with one attached hydrogen (secondary N) is 1. The van der Waals surface area contributed by atoms with Crippen LogP contribution in [0.3, 0.4) is 0 Å². The smallest absolute Gasteiger partial charge is 0.258 e. The van der Waals surface area contributed by atoms with Gasteiger partial charge in [0.15, 0.2) is 0 Å². The molecule has 0 saturated heterocycles. The first-order chi connectivity index (χ1) is 8.25. The summed E-state index contributed by atoms with van der Waals surface area (Å²) in [6, 6.07) is 0. The van der Waals surface area contributed by atoms with Gasteiger partial charge in [-0.1, -0.05) is 0 Å². The van der Waals surface area contributed by atoms with Gasteiger partial charge in [-0.3, -0.25) is 9.48 Å². The summed E-state index contributed by atoms with van der Waals surface area (Å²) < 4.78 is 1.65. The second-order valence-electron chi connectivity index (χ2n) is 3.72. The van der Waals surface area contributed by atoms with Crippen LogP contribution in [0, 0.1) is 0 Å². The molecule has 3 heterocycles. The Morgan fingerprint density at radius 1 is 1.35 bits per heavy atom. The third-order valence-electron chi connectivity index (χ3n) is 2.56. The highest BCUT2D eigenvalue weighted by Gasteiger charge is 2.11. The number of aryl methyl sites for hydroxylation is 1. The van der Waals surface area contributed by atoms with Gasteiger partial charge >= 0.3 is 0 Å². The molecule has 0 bridgehead atoms. The minimum absolute atomic E-state index is 0.177. The van der Waals surface area contributed by atoms with Gasteiger partial charge in [-0.2, -0.15) is 5.10 Å². The number of pyridine rings is 1. The van der Waals surface area contributed by atoms with Crippen LogP contribution < -0.4 is 5.56 Å². The van der Waals surface area contributed by atoms with Gasteiger partial charge in [0.2, 0.25) is 0 Å². The van der Waals surface area contributed by atoms with E-state index < -0.39 is 0 Å². The molecule has 3 aromatic rings. The maximum Gasteiger partial charge on any atom is 0.258 e. The first-order valence-corrected chi connectivity index (χ1v) is 5.06. The Morgan fingerprint density at radius 2 is 2.24 bits per heavy atom. The summed E-state index contributed by atoms with van der Waals surface area (Å²) in [5.41, 5.74) is 1.73. The topological polar surface area (TPSA) is 76.5 Å². The van der Waals surface area contributed by atoms with Gasteiger partial charge in [0.1, 0.15) is 6.33 Å². The molecule has 0 atom stereocenters. The highest BCUT2D eigenvalue weighted by atomic mass is 16.1. The molecule has 3 rings (SSSR count). The Bertz CT molecular complexity index is 743. The van der Waals surface area contributed by atoms with Gasteiger partial charge in [0.25, 0.3) is 5.56 Å². The quantitative estimate of drug-likeness (QED) is 0.664. The van der Waals surface area contributed by atoms with Crippen LogP contribution >= 0.6 is 0 Å². The maximum absolute atomic E-state index is 11.9. The summed E-state index contributed by atoms with van der Waals surface area (Å²) in [6.45, 7) is 0. The number of fused-ring (bicyclic) bond motifs is 1. The van der Waals surface area contributed by atoms with Gasteiger partial charge in [-0.15, -0.1) is 0 Å². The molecule has 17 heavy (non-hydrogen) atoms. The van der Waals surface area contributed by atoms with Crippen molar-refractivity contribution in [3.63, 3.8) is 0 Å². The summed E-state index contributed by atoms with van der Waals surface area (Å²) in [6.07, 6.45) is 8.13. The van der Waals surface area contributed by atoms with Crippen molar-refractivity contribution >= 4 is 10.9 Å². The van der Waals surface area contributed by atoms with Gasteiger partial charge in [-0.05, 0) is 0 Å². The zero-order valence-corrected chi connectivity index (χ0v) is 9.08. The van der Waals surface area contributed by atoms with Gasteiger partial charge < -0.3 is 4.98 Å². The van der Waals surface area contributed by atoms with Crippen LogP contribution in [0.2, 0.25) is 0 Å². The lowest BCUT2D eigenvalue weighted by Crippen LogP contribution is -2.09. The molecule has 0 spiro atoms. The van der Waals surface area contributed by atoms with E-state index in [0.29, 0.717) is 11.1 Å². The Kier molecular flexibility index (Phi) is 2.01. The van der Waals surface area contributed by atoms with Crippen LogP contribution in [0.1, 0.15) is 0 Å². The predicted molar refractivity (Wildman–Crippen MR) is 62.4 cm³/mol. The Labute approximate surface area is 96.0 Å². The number of rotatable bonds is 1. The molecule has 1 N–H and O–H groups in total. The lowest BCUT2D eigenvalue weighted by atomic mass is 10.1. The lowest BCUT2D eigenvalue weighted by Gasteiger charge is -2.01. The summed E-state index contributed by atoms with van der Waals surface area (Å²) in [5, 5.41) is 4.86. The summed E-state index contributed by atoms with van der Waals surface area (Å²) >= 11 is 0.